The van der Waals surface area contributed by atoms with Crippen LogP contribution in [-0.2, 0) is 56.5 Å². The summed E-state index contributed by atoms with van der Waals surface area (Å²) in [4.78, 5) is 28.5. The molecule has 3 rings (SSSR count). The minimum absolute atomic E-state index is 0. The number of carbonyl (C=O) groups is 2. The first-order valence-electron chi connectivity index (χ1n) is 12.7. The second-order valence-corrected chi connectivity index (χ2v) is 9.24. The van der Waals surface area contributed by atoms with E-state index in [0.717, 1.165) is 11.8 Å². The molecule has 0 fully saturated rings. The average molecular weight is 674 g/mol. The number of aliphatic hydroxyl groups is 1. The van der Waals surface area contributed by atoms with Gasteiger partial charge in [-0.15, -0.1) is 6.42 Å². The number of aromatic hydroxyl groups is 1. The van der Waals surface area contributed by atoms with Crippen LogP contribution in [0.3, 0.4) is 0 Å². The van der Waals surface area contributed by atoms with E-state index in [1.54, 1.807) is 37.3 Å². The Balaban J connectivity index is 0.00000441. The second kappa shape index (κ2) is 20.3. The third-order valence-corrected chi connectivity index (χ3v) is 6.31. The predicted octanol–water partition coefficient (Wildman–Crippen LogP) is 4.79. The van der Waals surface area contributed by atoms with E-state index in [4.69, 9.17) is 18.9 Å². The quantitative estimate of drug-likeness (QED) is 0.139. The number of nitrogens with zero attached hydrogens (tertiary/aromatic N) is 1. The molecule has 3 N–H and O–H groups in total. The molecule has 0 spiro atoms. The fourth-order valence-corrected chi connectivity index (χ4v) is 4.43. The molecule has 0 saturated heterocycles. The topological polar surface area (TPSA) is 136 Å². The van der Waals surface area contributed by atoms with Crippen molar-refractivity contribution in [3.05, 3.63) is 84.7 Å². The molecule has 0 atom stereocenters. The summed E-state index contributed by atoms with van der Waals surface area (Å²) < 4.78 is 21.5. The summed E-state index contributed by atoms with van der Waals surface area (Å²) in [5, 5.41) is 24.3. The minimum Gasteiger partial charge on any atom is -0.506 e. The van der Waals surface area contributed by atoms with Crippen LogP contribution in [0.1, 0.15) is 18.9 Å². The first-order valence-corrected chi connectivity index (χ1v) is 13.6. The molecule has 2 aromatic rings. The third kappa shape index (κ3) is 11.9. The number of nitrogens with one attached hydrogen (secondary N) is 1. The largest absolute Gasteiger partial charge is 0.506 e. The molecule has 42 heavy (non-hydrogen) atoms. The van der Waals surface area contributed by atoms with Gasteiger partial charge in [-0.25, -0.2) is 9.79 Å². The zero-order valence-corrected chi connectivity index (χ0v) is 27.5. The Labute approximate surface area is 276 Å². The van der Waals surface area contributed by atoms with Gasteiger partial charge in [0.25, 0.3) is 0 Å². The van der Waals surface area contributed by atoms with Crippen molar-refractivity contribution in [1.82, 2.24) is 5.32 Å². The summed E-state index contributed by atoms with van der Waals surface area (Å²) in [5.74, 6) is -0.827. The number of carbonyl (C=O) groups excluding carboxylic acids is 2. The number of benzene rings is 2. The van der Waals surface area contributed by atoms with E-state index in [1.165, 1.54) is 6.07 Å². The van der Waals surface area contributed by atoms with Gasteiger partial charge in [-0.1, -0.05) is 36.0 Å². The molecule has 10 nitrogen and oxygen atoms in total. The van der Waals surface area contributed by atoms with E-state index >= 15 is 0 Å². The van der Waals surface area contributed by atoms with Crippen molar-refractivity contribution in [1.29, 1.82) is 0 Å². The number of hydrogen-bond acceptors (Lipinski definition) is 10. The number of thioether (sulfide) groups is 1. The van der Waals surface area contributed by atoms with Crippen LogP contribution in [0.2, 0.25) is 0 Å². The fraction of sp³-hybridized carbons (Fsp3) is 0.300. The summed E-state index contributed by atoms with van der Waals surface area (Å²) >= 11 is 1.14. The number of hydrogen-bond donors (Lipinski definition) is 3. The number of amides is 1. The van der Waals surface area contributed by atoms with Gasteiger partial charge in [-0.05, 0) is 42.8 Å². The van der Waals surface area contributed by atoms with Gasteiger partial charge >= 0.3 is 5.97 Å². The average Bonchev–Trinajstić information content (AvgIpc) is 3.25. The van der Waals surface area contributed by atoms with Crippen LogP contribution in [0.4, 0.5) is 5.69 Å². The monoisotopic (exact) mass is 673 g/mol. The molecule has 1 amide bonds. The summed E-state index contributed by atoms with van der Waals surface area (Å²) in [5.41, 5.74) is 1.21. The number of para-hydroxylation sites is 1. The normalized spacial score (nSPS) is 14.3. The third-order valence-electron chi connectivity index (χ3n) is 5.29. The van der Waals surface area contributed by atoms with E-state index in [0.29, 0.717) is 54.2 Å². The Morgan fingerprint density at radius 2 is 1.71 bits per heavy atom. The first-order chi connectivity index (χ1) is 19.4. The maximum Gasteiger partial charge on any atom is 0.344 e. The van der Waals surface area contributed by atoms with Crippen LogP contribution in [0.15, 0.2) is 69.8 Å². The Morgan fingerprint density at radius 1 is 1.02 bits per heavy atom. The number of aliphatic imine (C=N–C) groups is 1. The molecule has 0 saturated carbocycles. The van der Waals surface area contributed by atoms with Crippen LogP contribution in [-0.4, -0.2) is 73.3 Å². The maximum absolute atomic E-state index is 12.6. The van der Waals surface area contributed by atoms with Crippen molar-refractivity contribution in [3.63, 3.8) is 0 Å². The molecule has 1 aliphatic rings. The van der Waals surface area contributed by atoms with Crippen molar-refractivity contribution in [2.24, 2.45) is 4.99 Å². The maximum atomic E-state index is 12.6. The number of esters is 1. The van der Waals surface area contributed by atoms with Gasteiger partial charge in [-0.2, -0.15) is 0 Å². The standard InChI is InChI=1S/C29H33N2O8S.CH3.Y/c1-3-25(33)30-12-13-36-14-15-37-16-17-39-23-11-10-20(18-22(23)32)19-24-27(34)26(29(35)38-4-2)28(40-24)31-21-8-6-5-7-9-21;;/h5-11,18-19,32,34H,1,3-4,12-17H2,2H3,(H,30,33);1H3;/q2*-1;/b24-19-,31-28?;;. The molecule has 1 aliphatic heterocycles. The van der Waals surface area contributed by atoms with Crippen LogP contribution < -0.4 is 10.1 Å². The van der Waals surface area contributed by atoms with E-state index in [2.05, 4.69) is 17.2 Å². The molecule has 0 aromatic heterocycles. The van der Waals surface area contributed by atoms with Gasteiger partial charge in [0, 0.05) is 39.3 Å². The van der Waals surface area contributed by atoms with Crippen molar-refractivity contribution < 1.29 is 71.5 Å². The first kappa shape index (κ1) is 37.3. The smallest absolute Gasteiger partial charge is 0.344 e. The Morgan fingerprint density at radius 3 is 2.38 bits per heavy atom. The van der Waals surface area contributed by atoms with E-state index in [9.17, 15) is 19.8 Å². The van der Waals surface area contributed by atoms with Crippen molar-refractivity contribution >= 4 is 40.4 Å². The summed E-state index contributed by atoms with van der Waals surface area (Å²) in [7, 11) is 0. The van der Waals surface area contributed by atoms with Crippen molar-refractivity contribution in [3.8, 4) is 11.5 Å². The van der Waals surface area contributed by atoms with E-state index < -0.39 is 5.97 Å². The summed E-state index contributed by atoms with van der Waals surface area (Å²) in [6, 6.07) is 13.9. The van der Waals surface area contributed by atoms with Crippen molar-refractivity contribution in [2.75, 3.05) is 46.2 Å². The Kier molecular flexibility index (Phi) is 18.0. The minimum atomic E-state index is -0.663. The van der Waals surface area contributed by atoms with Gasteiger partial charge in [0.2, 0.25) is 0 Å². The zero-order chi connectivity index (χ0) is 28.7. The van der Waals surface area contributed by atoms with E-state index in [-0.39, 0.29) is 88.5 Å². The molecule has 0 bridgehead atoms. The molecule has 1 radical (unpaired) electrons. The molecule has 1 heterocycles. The van der Waals surface area contributed by atoms with Gasteiger partial charge in [0.15, 0.2) is 17.4 Å². The predicted molar refractivity (Wildman–Crippen MR) is 160 cm³/mol. The molecule has 225 valence electrons. The number of phenolic OH excluding ortho intramolecular Hbond substituents is 1. The fourth-order valence-electron chi connectivity index (χ4n) is 3.39. The molecule has 2 aromatic carbocycles. The van der Waals surface area contributed by atoms with Crippen LogP contribution in [0.5, 0.6) is 11.5 Å². The molecular formula is C30H36N2O8SY-2. The van der Waals surface area contributed by atoms with Gasteiger partial charge in [-0.3, -0.25) is 4.79 Å². The summed E-state index contributed by atoms with van der Waals surface area (Å²) in [6.45, 7) is 7.40. The SMILES string of the molecule is [CH2-]CC(=O)NCCOCCOCCOc1ccc(/C=C2\SC(=Nc3ccccc3)C(C(=O)OCC)=C2O)cc1O.[CH3-].[Y]. The Bertz CT molecular complexity index is 1250. The van der Waals surface area contributed by atoms with Crippen molar-refractivity contribution in [2.45, 2.75) is 13.3 Å². The van der Waals surface area contributed by atoms with Crippen LogP contribution >= 0.6 is 11.8 Å². The molecule has 0 unspecified atom stereocenters. The van der Waals surface area contributed by atoms with Gasteiger partial charge in [0.05, 0.1) is 43.6 Å². The van der Waals surface area contributed by atoms with Crippen LogP contribution in [0, 0.1) is 14.4 Å². The number of ether oxygens (including phenoxy) is 4. The van der Waals surface area contributed by atoms with Gasteiger partial charge in [0.1, 0.15) is 23.0 Å². The number of rotatable bonds is 15. The zero-order valence-electron chi connectivity index (χ0n) is 23.8. The van der Waals surface area contributed by atoms with Crippen LogP contribution in [0.25, 0.3) is 6.08 Å². The van der Waals surface area contributed by atoms with E-state index in [1.807, 2.05) is 18.2 Å². The Hall–Kier alpha value is -2.70. The van der Waals surface area contributed by atoms with Gasteiger partial charge < -0.3 is 48.8 Å². The number of aliphatic hydroxyl groups excluding tert-OH is 1. The molecule has 12 heteroatoms. The molecular weight excluding hydrogens is 637 g/mol. The summed E-state index contributed by atoms with van der Waals surface area (Å²) in [6.07, 6.45) is 1.84. The second-order valence-electron chi connectivity index (χ2n) is 8.21. The molecule has 0 aliphatic carbocycles. The number of phenols is 1.